The number of aryl methyl sites for hydroxylation is 2. The Kier molecular flexibility index (Phi) is 3.59. The molecule has 0 saturated heterocycles. The van der Waals surface area contributed by atoms with Gasteiger partial charge in [-0.05, 0) is 37.5 Å². The number of benzene rings is 1. The Morgan fingerprint density at radius 2 is 1.70 bits per heavy atom. The van der Waals surface area contributed by atoms with Crippen molar-refractivity contribution in [2.24, 2.45) is 0 Å². The maximum atomic E-state index is 6.06. The largest absolute Gasteiger partial charge is 0.493 e. The molecular formula is C17H19O3+. The zero-order chi connectivity index (χ0) is 13.9. The summed E-state index contributed by atoms with van der Waals surface area (Å²) in [5, 5.41) is 0. The van der Waals surface area contributed by atoms with E-state index in [2.05, 4.69) is 6.07 Å². The van der Waals surface area contributed by atoms with Crippen LogP contribution in [0.1, 0.15) is 24.2 Å². The highest BCUT2D eigenvalue weighted by Gasteiger charge is 2.23. The van der Waals surface area contributed by atoms with Gasteiger partial charge < -0.3 is 9.47 Å². The standard InChI is InChI=1S/C17H19O3/c1-18-16-10-8-13(11-17(16)19-2)15-9-7-12-5-3-4-6-14(12)20-15/h7-11H,3-6H2,1-2H3/q+1. The lowest BCUT2D eigenvalue weighted by atomic mass is 9.97. The van der Waals surface area contributed by atoms with Crippen LogP contribution < -0.4 is 9.47 Å². The summed E-state index contributed by atoms with van der Waals surface area (Å²) >= 11 is 0. The predicted molar refractivity (Wildman–Crippen MR) is 78.3 cm³/mol. The van der Waals surface area contributed by atoms with Crippen molar-refractivity contribution in [1.82, 2.24) is 0 Å². The van der Waals surface area contributed by atoms with E-state index in [1.54, 1.807) is 14.2 Å². The molecule has 2 aromatic rings. The van der Waals surface area contributed by atoms with E-state index in [1.165, 1.54) is 18.4 Å². The lowest BCUT2D eigenvalue weighted by molar-refractivity contribution is 0.355. The molecule has 0 atom stereocenters. The maximum absolute atomic E-state index is 6.06. The summed E-state index contributed by atoms with van der Waals surface area (Å²) in [6.07, 6.45) is 4.64. The van der Waals surface area contributed by atoms with E-state index >= 15 is 0 Å². The van der Waals surface area contributed by atoms with Crippen LogP contribution in [0.25, 0.3) is 11.3 Å². The van der Waals surface area contributed by atoms with E-state index in [9.17, 15) is 0 Å². The summed E-state index contributed by atoms with van der Waals surface area (Å²) in [5.74, 6) is 3.46. The fraction of sp³-hybridized carbons (Fsp3) is 0.353. The van der Waals surface area contributed by atoms with E-state index in [1.807, 2.05) is 24.3 Å². The first-order valence-corrected chi connectivity index (χ1v) is 6.99. The molecule has 1 heterocycles. The molecule has 0 saturated carbocycles. The van der Waals surface area contributed by atoms with Crippen LogP contribution in [0.5, 0.6) is 11.5 Å². The minimum absolute atomic E-state index is 0.720. The van der Waals surface area contributed by atoms with E-state index < -0.39 is 0 Å². The molecule has 20 heavy (non-hydrogen) atoms. The highest BCUT2D eigenvalue weighted by atomic mass is 16.5. The molecule has 1 aliphatic rings. The summed E-state index contributed by atoms with van der Waals surface area (Å²) < 4.78 is 16.7. The van der Waals surface area contributed by atoms with Crippen LogP contribution in [-0.2, 0) is 12.8 Å². The second kappa shape index (κ2) is 5.53. The van der Waals surface area contributed by atoms with Gasteiger partial charge in [-0.15, -0.1) is 0 Å². The molecule has 3 heteroatoms. The van der Waals surface area contributed by atoms with Gasteiger partial charge in [-0.25, -0.2) is 4.42 Å². The first-order valence-electron chi connectivity index (χ1n) is 6.99. The van der Waals surface area contributed by atoms with Crippen LogP contribution >= 0.6 is 0 Å². The van der Waals surface area contributed by atoms with Crippen LogP contribution in [0.15, 0.2) is 34.7 Å². The van der Waals surface area contributed by atoms with Crippen molar-refractivity contribution in [3.63, 3.8) is 0 Å². The van der Waals surface area contributed by atoms with Crippen LogP contribution in [0.2, 0.25) is 0 Å². The van der Waals surface area contributed by atoms with Gasteiger partial charge in [0.05, 0.1) is 31.8 Å². The highest BCUT2D eigenvalue weighted by Crippen LogP contribution is 2.33. The number of rotatable bonds is 3. The Balaban J connectivity index is 2.00. The van der Waals surface area contributed by atoms with Crippen molar-refractivity contribution in [3.8, 4) is 22.8 Å². The summed E-state index contributed by atoms with van der Waals surface area (Å²) in [4.78, 5) is 0. The third-order valence-electron chi connectivity index (χ3n) is 3.80. The number of ether oxygens (including phenoxy) is 2. The van der Waals surface area contributed by atoms with E-state index in [-0.39, 0.29) is 0 Å². The molecule has 1 aliphatic carbocycles. The Hall–Kier alpha value is -2.03. The predicted octanol–water partition coefficient (Wildman–Crippen LogP) is 4.12. The Morgan fingerprint density at radius 3 is 2.50 bits per heavy atom. The van der Waals surface area contributed by atoms with Crippen molar-refractivity contribution >= 4 is 0 Å². The van der Waals surface area contributed by atoms with Gasteiger partial charge >= 0.3 is 11.5 Å². The Bertz CT molecular complexity index is 582. The fourth-order valence-electron chi connectivity index (χ4n) is 2.68. The van der Waals surface area contributed by atoms with Gasteiger partial charge in [0, 0.05) is 12.1 Å². The highest BCUT2D eigenvalue weighted by molar-refractivity contribution is 5.62. The van der Waals surface area contributed by atoms with Crippen molar-refractivity contribution in [3.05, 3.63) is 41.7 Å². The molecule has 1 aromatic carbocycles. The third kappa shape index (κ3) is 2.36. The van der Waals surface area contributed by atoms with Crippen LogP contribution in [0, 0.1) is 0 Å². The van der Waals surface area contributed by atoms with Crippen molar-refractivity contribution in [2.45, 2.75) is 25.7 Å². The summed E-state index contributed by atoms with van der Waals surface area (Å²) in [5.41, 5.74) is 2.36. The molecule has 104 valence electrons. The van der Waals surface area contributed by atoms with Gasteiger partial charge in [0.15, 0.2) is 11.5 Å². The fourth-order valence-corrected chi connectivity index (χ4v) is 2.68. The lowest BCUT2D eigenvalue weighted by Gasteiger charge is -2.08. The number of methoxy groups -OCH3 is 2. The first kappa shape index (κ1) is 13.0. The molecular weight excluding hydrogens is 252 g/mol. The molecule has 0 aliphatic heterocycles. The van der Waals surface area contributed by atoms with E-state index in [4.69, 9.17) is 13.9 Å². The third-order valence-corrected chi connectivity index (χ3v) is 3.80. The van der Waals surface area contributed by atoms with Crippen LogP contribution in [-0.4, -0.2) is 14.2 Å². The molecule has 0 fully saturated rings. The average Bonchev–Trinajstić information content (AvgIpc) is 2.53. The Morgan fingerprint density at radius 1 is 0.900 bits per heavy atom. The van der Waals surface area contributed by atoms with E-state index in [0.717, 1.165) is 41.4 Å². The van der Waals surface area contributed by atoms with Crippen LogP contribution in [0.3, 0.4) is 0 Å². The van der Waals surface area contributed by atoms with Gasteiger partial charge in [0.2, 0.25) is 0 Å². The SMILES string of the molecule is COc1ccc(-c2ccc3c([o+]2)CCCC3)cc1OC. The smallest absolute Gasteiger partial charge is 0.360 e. The minimum atomic E-state index is 0.720. The van der Waals surface area contributed by atoms with Crippen molar-refractivity contribution in [1.29, 1.82) is 0 Å². The topological polar surface area (TPSA) is 29.8 Å². The summed E-state index contributed by atoms with van der Waals surface area (Å²) in [7, 11) is 3.28. The molecule has 0 N–H and O–H groups in total. The van der Waals surface area contributed by atoms with Crippen LogP contribution in [0.4, 0.5) is 0 Å². The monoisotopic (exact) mass is 271 g/mol. The molecule has 0 amide bonds. The quantitative estimate of drug-likeness (QED) is 0.786. The zero-order valence-corrected chi connectivity index (χ0v) is 11.9. The molecule has 0 bridgehead atoms. The molecule has 3 rings (SSSR count). The van der Waals surface area contributed by atoms with Gasteiger partial charge in [-0.2, -0.15) is 0 Å². The average molecular weight is 271 g/mol. The first-order chi connectivity index (χ1) is 9.81. The van der Waals surface area contributed by atoms with Gasteiger partial charge in [-0.1, -0.05) is 0 Å². The minimum Gasteiger partial charge on any atom is -0.493 e. The Labute approximate surface area is 119 Å². The molecule has 1 aromatic heterocycles. The molecule has 0 unspecified atom stereocenters. The van der Waals surface area contributed by atoms with Crippen molar-refractivity contribution < 1.29 is 13.9 Å². The molecule has 0 spiro atoms. The number of fused-ring (bicyclic) bond motifs is 1. The second-order valence-electron chi connectivity index (χ2n) is 5.02. The molecule has 3 nitrogen and oxygen atoms in total. The van der Waals surface area contributed by atoms with E-state index in [0.29, 0.717) is 0 Å². The van der Waals surface area contributed by atoms with Gasteiger partial charge in [0.25, 0.3) is 0 Å². The summed E-state index contributed by atoms with van der Waals surface area (Å²) in [6, 6.07) is 10.1. The molecule has 0 radical (unpaired) electrons. The van der Waals surface area contributed by atoms with Gasteiger partial charge in [0.1, 0.15) is 0 Å². The summed E-state index contributed by atoms with van der Waals surface area (Å²) in [6.45, 7) is 0. The van der Waals surface area contributed by atoms with Gasteiger partial charge in [-0.3, -0.25) is 0 Å². The lowest BCUT2D eigenvalue weighted by Crippen LogP contribution is -2.02. The maximum Gasteiger partial charge on any atom is 0.360 e. The van der Waals surface area contributed by atoms with Crippen molar-refractivity contribution in [2.75, 3.05) is 14.2 Å². The second-order valence-corrected chi connectivity index (χ2v) is 5.02. The normalized spacial score (nSPS) is 13.7. The number of hydrogen-bond donors (Lipinski definition) is 0. The zero-order valence-electron chi connectivity index (χ0n) is 11.9. The number of hydrogen-bond acceptors (Lipinski definition) is 2.